The summed E-state index contributed by atoms with van der Waals surface area (Å²) in [6.07, 6.45) is 3.93. The highest BCUT2D eigenvalue weighted by Gasteiger charge is 2.19. The molecule has 0 aliphatic carbocycles. The lowest BCUT2D eigenvalue weighted by molar-refractivity contribution is 0.102. The van der Waals surface area contributed by atoms with Crippen LogP contribution in [0.2, 0.25) is 5.02 Å². The highest BCUT2D eigenvalue weighted by atomic mass is 35.5. The standard InChI is InChI=1S/C15H15ClFN3OS/c16-11-3-1-2-10(13(11)17)14(21)20-15-19-8-12(22-15)9-4-6-18-7-5-9/h1-3,8-9,18H,4-7H2,(H,19,20,21). The zero-order valence-corrected chi connectivity index (χ0v) is 13.3. The molecule has 2 heterocycles. The van der Waals surface area contributed by atoms with Crippen LogP contribution in [0.1, 0.15) is 34.0 Å². The van der Waals surface area contributed by atoms with Gasteiger partial charge in [0.1, 0.15) is 0 Å². The number of halogens is 2. The van der Waals surface area contributed by atoms with Crippen LogP contribution in [0.4, 0.5) is 9.52 Å². The monoisotopic (exact) mass is 339 g/mol. The van der Waals surface area contributed by atoms with Gasteiger partial charge in [-0.2, -0.15) is 0 Å². The number of benzene rings is 1. The Hall–Kier alpha value is -1.50. The average Bonchev–Trinajstić information content (AvgIpc) is 2.99. The third kappa shape index (κ3) is 3.29. The molecule has 1 fully saturated rings. The summed E-state index contributed by atoms with van der Waals surface area (Å²) in [6, 6.07) is 4.35. The molecule has 2 aromatic rings. The third-order valence-corrected chi connectivity index (χ3v) is 5.05. The van der Waals surface area contributed by atoms with Gasteiger partial charge in [-0.3, -0.25) is 10.1 Å². The number of amides is 1. The number of hydrogen-bond donors (Lipinski definition) is 2. The van der Waals surface area contributed by atoms with Crippen molar-refractivity contribution in [1.82, 2.24) is 10.3 Å². The van der Waals surface area contributed by atoms with Crippen LogP contribution in [0, 0.1) is 5.82 Å². The summed E-state index contributed by atoms with van der Waals surface area (Å²) in [5, 5.41) is 6.37. The van der Waals surface area contributed by atoms with Crippen molar-refractivity contribution in [2.45, 2.75) is 18.8 Å². The van der Waals surface area contributed by atoms with Crippen molar-refractivity contribution in [1.29, 1.82) is 0 Å². The van der Waals surface area contributed by atoms with Gasteiger partial charge in [0.05, 0.1) is 10.6 Å². The van der Waals surface area contributed by atoms with Crippen molar-refractivity contribution in [2.75, 3.05) is 18.4 Å². The van der Waals surface area contributed by atoms with Crippen LogP contribution in [0.5, 0.6) is 0 Å². The van der Waals surface area contributed by atoms with E-state index in [1.165, 1.54) is 23.5 Å². The number of rotatable bonds is 3. The van der Waals surface area contributed by atoms with E-state index in [1.807, 2.05) is 0 Å². The quantitative estimate of drug-likeness (QED) is 0.897. The summed E-state index contributed by atoms with van der Waals surface area (Å²) >= 11 is 7.14. The van der Waals surface area contributed by atoms with E-state index in [-0.39, 0.29) is 10.6 Å². The fourth-order valence-corrected chi connectivity index (χ4v) is 3.64. The highest BCUT2D eigenvalue weighted by Crippen LogP contribution is 2.32. The predicted octanol–water partition coefficient (Wildman–Crippen LogP) is 3.65. The number of nitrogens with one attached hydrogen (secondary N) is 2. The van der Waals surface area contributed by atoms with E-state index in [0.717, 1.165) is 30.8 Å². The Balaban J connectivity index is 1.72. The summed E-state index contributed by atoms with van der Waals surface area (Å²) in [7, 11) is 0. The van der Waals surface area contributed by atoms with Crippen LogP contribution in [-0.2, 0) is 0 Å². The Bertz CT molecular complexity index is 685. The SMILES string of the molecule is O=C(Nc1ncc(C2CCNCC2)s1)c1cccc(Cl)c1F. The topological polar surface area (TPSA) is 54.0 Å². The number of carbonyl (C=O) groups excluding carboxylic acids is 1. The van der Waals surface area contributed by atoms with Gasteiger partial charge in [0, 0.05) is 11.1 Å². The second kappa shape index (κ2) is 6.73. The van der Waals surface area contributed by atoms with Crippen molar-refractivity contribution in [3.63, 3.8) is 0 Å². The number of carbonyl (C=O) groups is 1. The molecule has 4 nitrogen and oxygen atoms in total. The molecule has 2 N–H and O–H groups in total. The van der Waals surface area contributed by atoms with E-state index >= 15 is 0 Å². The van der Waals surface area contributed by atoms with E-state index < -0.39 is 11.7 Å². The van der Waals surface area contributed by atoms with Gasteiger partial charge < -0.3 is 5.32 Å². The number of piperidine rings is 1. The molecule has 0 spiro atoms. The number of hydrogen-bond acceptors (Lipinski definition) is 4. The zero-order chi connectivity index (χ0) is 15.5. The van der Waals surface area contributed by atoms with Crippen LogP contribution >= 0.6 is 22.9 Å². The van der Waals surface area contributed by atoms with E-state index in [2.05, 4.69) is 15.6 Å². The first-order valence-electron chi connectivity index (χ1n) is 7.07. The van der Waals surface area contributed by atoms with Crippen molar-refractivity contribution in [2.24, 2.45) is 0 Å². The second-order valence-electron chi connectivity index (χ2n) is 5.15. The van der Waals surface area contributed by atoms with Gasteiger partial charge >= 0.3 is 0 Å². The molecular weight excluding hydrogens is 325 g/mol. The maximum Gasteiger partial charge on any atom is 0.260 e. The molecule has 1 aliphatic rings. The third-order valence-electron chi connectivity index (χ3n) is 3.68. The summed E-state index contributed by atoms with van der Waals surface area (Å²) < 4.78 is 13.8. The van der Waals surface area contributed by atoms with Gasteiger partial charge in [-0.25, -0.2) is 9.37 Å². The molecule has 0 unspecified atom stereocenters. The van der Waals surface area contributed by atoms with Crippen LogP contribution in [0.15, 0.2) is 24.4 Å². The fraction of sp³-hybridized carbons (Fsp3) is 0.333. The minimum Gasteiger partial charge on any atom is -0.317 e. The molecule has 0 radical (unpaired) electrons. The Morgan fingerprint density at radius 2 is 2.18 bits per heavy atom. The number of anilines is 1. The molecule has 0 atom stereocenters. The molecule has 1 aliphatic heterocycles. The minimum absolute atomic E-state index is 0.0674. The molecule has 7 heteroatoms. The van der Waals surface area contributed by atoms with E-state index in [4.69, 9.17) is 11.6 Å². The largest absolute Gasteiger partial charge is 0.317 e. The lowest BCUT2D eigenvalue weighted by Crippen LogP contribution is -2.26. The molecule has 1 aromatic heterocycles. The summed E-state index contributed by atoms with van der Waals surface area (Å²) in [4.78, 5) is 17.5. The van der Waals surface area contributed by atoms with Gasteiger partial charge in [0.15, 0.2) is 10.9 Å². The lowest BCUT2D eigenvalue weighted by Gasteiger charge is -2.20. The van der Waals surface area contributed by atoms with Crippen molar-refractivity contribution >= 4 is 34.0 Å². The molecule has 0 saturated carbocycles. The molecule has 1 saturated heterocycles. The van der Waals surface area contributed by atoms with Crippen LogP contribution in [-0.4, -0.2) is 24.0 Å². The first kappa shape index (κ1) is 15.4. The summed E-state index contributed by atoms with van der Waals surface area (Å²) in [5.41, 5.74) is -0.0777. The summed E-state index contributed by atoms with van der Waals surface area (Å²) in [6.45, 7) is 2.00. The second-order valence-corrected chi connectivity index (χ2v) is 6.62. The Labute approximate surface area is 136 Å². The molecule has 1 amide bonds. The Morgan fingerprint density at radius 3 is 2.95 bits per heavy atom. The van der Waals surface area contributed by atoms with Crippen LogP contribution in [0.3, 0.4) is 0 Å². The Morgan fingerprint density at radius 1 is 1.41 bits per heavy atom. The summed E-state index contributed by atoms with van der Waals surface area (Å²) in [5.74, 6) is -0.768. The van der Waals surface area contributed by atoms with Crippen molar-refractivity contribution < 1.29 is 9.18 Å². The molecule has 1 aromatic carbocycles. The van der Waals surface area contributed by atoms with Gasteiger partial charge in [-0.05, 0) is 44.0 Å². The van der Waals surface area contributed by atoms with Crippen LogP contribution in [0.25, 0.3) is 0 Å². The van der Waals surface area contributed by atoms with Crippen molar-refractivity contribution in [3.05, 3.63) is 45.7 Å². The van der Waals surface area contributed by atoms with Gasteiger partial charge in [-0.15, -0.1) is 11.3 Å². The highest BCUT2D eigenvalue weighted by molar-refractivity contribution is 7.15. The van der Waals surface area contributed by atoms with Gasteiger partial charge in [-0.1, -0.05) is 17.7 Å². The van der Waals surface area contributed by atoms with E-state index in [9.17, 15) is 9.18 Å². The average molecular weight is 340 g/mol. The van der Waals surface area contributed by atoms with Gasteiger partial charge in [0.2, 0.25) is 0 Å². The zero-order valence-electron chi connectivity index (χ0n) is 11.7. The maximum atomic E-state index is 13.8. The number of nitrogens with zero attached hydrogens (tertiary/aromatic N) is 1. The maximum absolute atomic E-state index is 13.8. The normalized spacial score (nSPS) is 15.7. The minimum atomic E-state index is -0.711. The predicted molar refractivity (Wildman–Crippen MR) is 86.3 cm³/mol. The van der Waals surface area contributed by atoms with Gasteiger partial charge in [0.25, 0.3) is 5.91 Å². The molecule has 3 rings (SSSR count). The van der Waals surface area contributed by atoms with E-state index in [0.29, 0.717) is 11.0 Å². The number of aromatic nitrogens is 1. The fourth-order valence-electron chi connectivity index (χ4n) is 2.48. The molecule has 22 heavy (non-hydrogen) atoms. The van der Waals surface area contributed by atoms with Crippen molar-refractivity contribution in [3.8, 4) is 0 Å². The van der Waals surface area contributed by atoms with Crippen LogP contribution < -0.4 is 10.6 Å². The smallest absolute Gasteiger partial charge is 0.260 e. The molecular formula is C15H15ClFN3OS. The van der Waals surface area contributed by atoms with E-state index in [1.54, 1.807) is 12.3 Å². The number of thiazole rings is 1. The first-order chi connectivity index (χ1) is 10.6. The lowest BCUT2D eigenvalue weighted by atomic mass is 9.97. The molecule has 116 valence electrons. The molecule has 0 bridgehead atoms. The first-order valence-corrected chi connectivity index (χ1v) is 8.26. The Kier molecular flexibility index (Phi) is 4.71.